The Bertz CT molecular complexity index is 578. The third-order valence-electron chi connectivity index (χ3n) is 3.76. The smallest absolute Gasteiger partial charge is 0.433 e. The summed E-state index contributed by atoms with van der Waals surface area (Å²) in [5, 5.41) is 1.30. The van der Waals surface area contributed by atoms with Crippen molar-refractivity contribution in [2.24, 2.45) is 5.73 Å². The van der Waals surface area contributed by atoms with E-state index in [1.165, 1.54) is 11.1 Å². The molecule has 2 N–H and O–H groups in total. The third-order valence-corrected chi connectivity index (χ3v) is 3.76. The van der Waals surface area contributed by atoms with Crippen molar-refractivity contribution in [3.8, 4) is 0 Å². The van der Waals surface area contributed by atoms with Crippen molar-refractivity contribution in [3.05, 3.63) is 29.3 Å². The van der Waals surface area contributed by atoms with Crippen LogP contribution in [0.15, 0.2) is 18.2 Å². The van der Waals surface area contributed by atoms with Gasteiger partial charge >= 0.3 is 12.3 Å². The van der Waals surface area contributed by atoms with Gasteiger partial charge in [0.25, 0.3) is 0 Å². The summed E-state index contributed by atoms with van der Waals surface area (Å²) in [6.07, 6.45) is -4.35. The van der Waals surface area contributed by atoms with Crippen molar-refractivity contribution in [2.45, 2.75) is 44.9 Å². The van der Waals surface area contributed by atoms with E-state index in [1.807, 2.05) is 6.92 Å². The molecule has 2 atom stereocenters. The number of halogens is 3. The molecule has 0 saturated carbocycles. The summed E-state index contributed by atoms with van der Waals surface area (Å²) in [7, 11) is 0. The van der Waals surface area contributed by atoms with Gasteiger partial charge in [0.2, 0.25) is 0 Å². The number of nitrogens with zero attached hydrogens (tertiary/aromatic N) is 1. The molecule has 2 rings (SSSR count). The van der Waals surface area contributed by atoms with Crippen LogP contribution in [0.4, 0.5) is 23.7 Å². The Morgan fingerprint density at radius 3 is 2.65 bits per heavy atom. The minimum atomic E-state index is -4.46. The Labute approximate surface area is 132 Å². The van der Waals surface area contributed by atoms with Crippen LogP contribution in [-0.4, -0.2) is 18.8 Å². The maximum absolute atomic E-state index is 12.9. The highest BCUT2D eigenvalue weighted by atomic mass is 19.4. The Balaban J connectivity index is 2.40. The highest BCUT2D eigenvalue weighted by molar-refractivity contribution is 5.65. The van der Waals surface area contributed by atoms with Crippen LogP contribution < -0.4 is 10.8 Å². The van der Waals surface area contributed by atoms with Gasteiger partial charge in [0.15, 0.2) is 0 Å². The van der Waals surface area contributed by atoms with Crippen molar-refractivity contribution >= 4 is 11.8 Å². The normalized spacial score (nSPS) is 20.9. The molecule has 128 valence electrons. The van der Waals surface area contributed by atoms with Crippen LogP contribution in [0.1, 0.15) is 43.9 Å². The van der Waals surface area contributed by atoms with Gasteiger partial charge in [-0.3, -0.25) is 0 Å². The number of hydroxylamine groups is 1. The number of carbonyl (C=O) groups is 1. The number of ether oxygens (including phenoxy) is 1. The standard InChI is InChI=1S/C15H19F3N2O3/c1-3-10-8-12(19)11-7-9(15(16,17)18)5-6-13(11)20(10)23-14(21)22-4-2/h5-7,10,12H,3-4,8,19H2,1-2H3. The topological polar surface area (TPSA) is 64.8 Å². The first-order valence-corrected chi connectivity index (χ1v) is 7.38. The predicted molar refractivity (Wildman–Crippen MR) is 77.7 cm³/mol. The summed E-state index contributed by atoms with van der Waals surface area (Å²) in [5.41, 5.74) is 5.89. The van der Waals surface area contributed by atoms with Gasteiger partial charge in [0, 0.05) is 6.04 Å². The van der Waals surface area contributed by atoms with Crippen molar-refractivity contribution in [3.63, 3.8) is 0 Å². The molecule has 0 radical (unpaired) electrons. The molecular formula is C15H19F3N2O3. The summed E-state index contributed by atoms with van der Waals surface area (Å²) in [5.74, 6) is 0. The molecule has 1 aromatic carbocycles. The molecule has 1 aliphatic heterocycles. The zero-order valence-electron chi connectivity index (χ0n) is 12.9. The molecule has 0 aromatic heterocycles. The lowest BCUT2D eigenvalue weighted by Crippen LogP contribution is -2.43. The molecule has 1 aliphatic rings. The number of anilines is 1. The van der Waals surface area contributed by atoms with Crippen LogP contribution in [0, 0.1) is 0 Å². The highest BCUT2D eigenvalue weighted by Crippen LogP contribution is 2.40. The van der Waals surface area contributed by atoms with Gasteiger partial charge in [-0.15, -0.1) is 0 Å². The zero-order valence-corrected chi connectivity index (χ0v) is 12.9. The first-order chi connectivity index (χ1) is 10.8. The summed E-state index contributed by atoms with van der Waals surface area (Å²) in [4.78, 5) is 16.8. The average molecular weight is 332 g/mol. The van der Waals surface area contributed by atoms with Gasteiger partial charge in [-0.25, -0.2) is 4.79 Å². The SMILES string of the molecule is CCOC(=O)ON1c2ccc(C(F)(F)F)cc2C(N)CC1CC. The number of nitrogens with two attached hydrogens (primary N) is 1. The van der Waals surface area contributed by atoms with E-state index in [1.54, 1.807) is 6.92 Å². The van der Waals surface area contributed by atoms with Gasteiger partial charge in [-0.05, 0) is 43.5 Å². The molecule has 0 amide bonds. The van der Waals surface area contributed by atoms with Gasteiger partial charge < -0.3 is 15.3 Å². The van der Waals surface area contributed by atoms with Gasteiger partial charge in [-0.2, -0.15) is 18.2 Å². The second-order valence-corrected chi connectivity index (χ2v) is 5.28. The minimum Gasteiger partial charge on any atom is -0.433 e. The lowest BCUT2D eigenvalue weighted by molar-refractivity contribution is -0.137. The van der Waals surface area contributed by atoms with Crippen LogP contribution in [0.25, 0.3) is 0 Å². The molecule has 23 heavy (non-hydrogen) atoms. The Hall–Kier alpha value is -1.96. The van der Waals surface area contributed by atoms with E-state index in [-0.39, 0.29) is 12.6 Å². The fourth-order valence-electron chi connectivity index (χ4n) is 2.62. The van der Waals surface area contributed by atoms with Crippen molar-refractivity contribution in [2.75, 3.05) is 11.7 Å². The lowest BCUT2D eigenvalue weighted by Gasteiger charge is -2.38. The van der Waals surface area contributed by atoms with E-state index in [4.69, 9.17) is 15.3 Å². The van der Waals surface area contributed by atoms with Crippen LogP contribution in [0.5, 0.6) is 0 Å². The van der Waals surface area contributed by atoms with E-state index >= 15 is 0 Å². The van der Waals surface area contributed by atoms with Crippen LogP contribution in [0.2, 0.25) is 0 Å². The fraction of sp³-hybridized carbons (Fsp3) is 0.533. The van der Waals surface area contributed by atoms with E-state index in [2.05, 4.69) is 0 Å². The van der Waals surface area contributed by atoms with Crippen LogP contribution >= 0.6 is 0 Å². The van der Waals surface area contributed by atoms with E-state index in [9.17, 15) is 18.0 Å². The second-order valence-electron chi connectivity index (χ2n) is 5.28. The summed E-state index contributed by atoms with van der Waals surface area (Å²) in [6.45, 7) is 3.66. The number of alkyl halides is 3. The van der Waals surface area contributed by atoms with Crippen molar-refractivity contribution in [1.29, 1.82) is 0 Å². The largest absolute Gasteiger partial charge is 0.533 e. The van der Waals surface area contributed by atoms with Gasteiger partial charge in [-0.1, -0.05) is 6.92 Å². The first kappa shape index (κ1) is 17.4. The molecule has 0 bridgehead atoms. The molecule has 8 heteroatoms. The highest BCUT2D eigenvalue weighted by Gasteiger charge is 2.37. The molecule has 1 aromatic rings. The average Bonchev–Trinajstić information content (AvgIpc) is 2.48. The van der Waals surface area contributed by atoms with Crippen molar-refractivity contribution in [1.82, 2.24) is 0 Å². The van der Waals surface area contributed by atoms with E-state index in [0.29, 0.717) is 24.1 Å². The number of fused-ring (bicyclic) bond motifs is 1. The lowest BCUT2D eigenvalue weighted by atomic mass is 9.90. The van der Waals surface area contributed by atoms with Gasteiger partial charge in [0.1, 0.15) is 0 Å². The number of carbonyl (C=O) groups excluding carboxylic acids is 1. The molecule has 2 unspecified atom stereocenters. The monoisotopic (exact) mass is 332 g/mol. The molecule has 5 nitrogen and oxygen atoms in total. The number of rotatable bonds is 3. The molecular weight excluding hydrogens is 313 g/mol. The Kier molecular flexibility index (Phi) is 5.03. The van der Waals surface area contributed by atoms with Crippen LogP contribution in [0.3, 0.4) is 0 Å². The summed E-state index contributed by atoms with van der Waals surface area (Å²) < 4.78 is 43.4. The number of hydrogen-bond donors (Lipinski definition) is 1. The Morgan fingerprint density at radius 1 is 1.39 bits per heavy atom. The van der Waals surface area contributed by atoms with Gasteiger partial charge in [0.05, 0.1) is 23.9 Å². The zero-order chi connectivity index (χ0) is 17.2. The van der Waals surface area contributed by atoms with Crippen molar-refractivity contribution < 1.29 is 27.5 Å². The minimum absolute atomic E-state index is 0.142. The number of benzene rings is 1. The third kappa shape index (κ3) is 3.69. The number of hydrogen-bond acceptors (Lipinski definition) is 5. The molecule has 0 saturated heterocycles. The predicted octanol–water partition coefficient (Wildman–Crippen LogP) is 3.78. The van der Waals surface area contributed by atoms with E-state index in [0.717, 1.165) is 12.1 Å². The quantitative estimate of drug-likeness (QED) is 0.853. The maximum Gasteiger partial charge on any atom is 0.533 e. The maximum atomic E-state index is 12.9. The molecule has 0 fully saturated rings. The molecule has 0 aliphatic carbocycles. The fourth-order valence-corrected chi connectivity index (χ4v) is 2.62. The second kappa shape index (κ2) is 6.66. The summed E-state index contributed by atoms with van der Waals surface area (Å²) >= 11 is 0. The molecule has 1 heterocycles. The summed E-state index contributed by atoms with van der Waals surface area (Å²) in [6, 6.07) is 2.45. The van der Waals surface area contributed by atoms with Crippen LogP contribution in [-0.2, 0) is 15.8 Å². The molecule has 0 spiro atoms. The first-order valence-electron chi connectivity index (χ1n) is 7.38. The Morgan fingerprint density at radius 2 is 2.09 bits per heavy atom. The van der Waals surface area contributed by atoms with E-state index < -0.39 is 23.9 Å².